The van der Waals surface area contributed by atoms with E-state index in [-0.39, 0.29) is 5.91 Å². The van der Waals surface area contributed by atoms with Gasteiger partial charge in [-0.3, -0.25) is 4.79 Å². The Kier molecular flexibility index (Phi) is 6.68. The lowest BCUT2D eigenvalue weighted by atomic mass is 10.0. The molecule has 0 radical (unpaired) electrons. The fraction of sp³-hybridized carbons (Fsp3) is 0.357. The molecule has 0 atom stereocenters. The Labute approximate surface area is 195 Å². The second kappa shape index (κ2) is 10.2. The van der Waals surface area contributed by atoms with E-state index in [0.29, 0.717) is 6.61 Å². The molecule has 5 heteroatoms. The van der Waals surface area contributed by atoms with Crippen molar-refractivity contribution < 1.29 is 9.53 Å². The highest BCUT2D eigenvalue weighted by molar-refractivity contribution is 5.96. The topological polar surface area (TPSA) is 54.5 Å². The van der Waals surface area contributed by atoms with Crippen molar-refractivity contribution >= 4 is 22.9 Å². The molecule has 3 heterocycles. The second-order valence-corrected chi connectivity index (χ2v) is 8.95. The second-order valence-electron chi connectivity index (χ2n) is 8.95. The number of nitrogens with zero attached hydrogens (tertiary/aromatic N) is 2. The molecule has 0 spiro atoms. The molecule has 1 saturated heterocycles. The summed E-state index contributed by atoms with van der Waals surface area (Å²) >= 11 is 0. The zero-order valence-electron chi connectivity index (χ0n) is 19.1. The highest BCUT2D eigenvalue weighted by Crippen LogP contribution is 2.22. The van der Waals surface area contributed by atoms with Gasteiger partial charge in [0.15, 0.2) is 0 Å². The molecule has 1 fully saturated rings. The largest absolute Gasteiger partial charge is 0.494 e. The Hall–Kier alpha value is -3.18. The minimum atomic E-state index is 0.0314. The quantitative estimate of drug-likeness (QED) is 0.555. The number of carbonyl (C=O) groups excluding carboxylic acids is 1. The number of hydrogen-bond donors (Lipinski definition) is 1. The number of hydrogen-bond acceptors (Lipinski definition) is 4. The molecule has 5 rings (SSSR count). The smallest absolute Gasteiger partial charge is 0.251 e. The first-order valence-corrected chi connectivity index (χ1v) is 12.1. The predicted molar refractivity (Wildman–Crippen MR) is 133 cm³/mol. The fourth-order valence-electron chi connectivity index (χ4n) is 4.72. The Bertz CT molecular complexity index is 1160. The average molecular weight is 442 g/mol. The van der Waals surface area contributed by atoms with Gasteiger partial charge in [0.2, 0.25) is 0 Å². The molecule has 170 valence electrons. The van der Waals surface area contributed by atoms with Gasteiger partial charge < -0.3 is 15.0 Å². The lowest BCUT2D eigenvalue weighted by Crippen LogP contribution is -2.32. The van der Waals surface area contributed by atoms with E-state index in [1.165, 1.54) is 11.0 Å². The summed E-state index contributed by atoms with van der Waals surface area (Å²) in [7, 11) is 0. The maximum Gasteiger partial charge on any atom is 0.251 e. The van der Waals surface area contributed by atoms with Crippen LogP contribution in [0.4, 0.5) is 0 Å². The molecule has 2 aromatic carbocycles. The van der Waals surface area contributed by atoms with Crippen molar-refractivity contribution in [2.75, 3.05) is 32.8 Å². The number of aryl methyl sites for hydroxylation is 1. The van der Waals surface area contributed by atoms with Gasteiger partial charge in [-0.15, -0.1) is 0 Å². The van der Waals surface area contributed by atoms with Gasteiger partial charge in [0.1, 0.15) is 5.75 Å². The summed E-state index contributed by atoms with van der Waals surface area (Å²) in [5, 5.41) is 4.13. The predicted octanol–water partition coefficient (Wildman–Crippen LogP) is 4.86. The van der Waals surface area contributed by atoms with Gasteiger partial charge in [0, 0.05) is 37.1 Å². The first-order valence-electron chi connectivity index (χ1n) is 12.1. The Balaban J connectivity index is 1.07. The third-order valence-corrected chi connectivity index (χ3v) is 6.59. The van der Waals surface area contributed by atoms with Crippen LogP contribution in [0.5, 0.6) is 5.75 Å². The standard InChI is InChI=1S/C28H31N3O2/c32-28-26-11-10-25(20-23(26)6-3-14-29-28)33-18-4-15-31-16-12-21(13-17-31)19-24-9-8-22-5-1-2-7-27(22)30-24/h1-2,5,7-11,19-20H,3-4,6,12-18H2,(H,29,32). The summed E-state index contributed by atoms with van der Waals surface area (Å²) in [5.74, 6) is 0.902. The average Bonchev–Trinajstić information content (AvgIpc) is 3.03. The number of fused-ring (bicyclic) bond motifs is 2. The van der Waals surface area contributed by atoms with Gasteiger partial charge in [-0.25, -0.2) is 4.98 Å². The van der Waals surface area contributed by atoms with Gasteiger partial charge in [0.25, 0.3) is 5.91 Å². The maximum atomic E-state index is 12.1. The summed E-state index contributed by atoms with van der Waals surface area (Å²) in [6.07, 6.45) is 7.37. The molecule has 2 aliphatic rings. The molecule has 0 saturated carbocycles. The van der Waals surface area contributed by atoms with Crippen molar-refractivity contribution in [1.29, 1.82) is 0 Å². The van der Waals surface area contributed by atoms with Crippen molar-refractivity contribution in [3.8, 4) is 5.75 Å². The fourth-order valence-corrected chi connectivity index (χ4v) is 4.72. The van der Waals surface area contributed by atoms with Crippen molar-refractivity contribution in [2.24, 2.45) is 0 Å². The van der Waals surface area contributed by atoms with Gasteiger partial charge >= 0.3 is 0 Å². The number of likely N-dealkylation sites (tertiary alicyclic amines) is 1. The van der Waals surface area contributed by atoms with Crippen LogP contribution >= 0.6 is 0 Å². The lowest BCUT2D eigenvalue weighted by molar-refractivity contribution is 0.0956. The number of para-hydroxylation sites is 1. The number of piperidine rings is 1. The summed E-state index contributed by atoms with van der Waals surface area (Å²) in [5.41, 5.74) is 5.49. The van der Waals surface area contributed by atoms with Crippen molar-refractivity contribution in [3.63, 3.8) is 0 Å². The Morgan fingerprint density at radius 3 is 2.82 bits per heavy atom. The van der Waals surface area contributed by atoms with E-state index in [9.17, 15) is 4.79 Å². The number of amides is 1. The molecule has 0 unspecified atom stereocenters. The molecule has 0 aliphatic carbocycles. The van der Waals surface area contributed by atoms with E-state index in [0.717, 1.165) is 86.4 Å². The third-order valence-electron chi connectivity index (χ3n) is 6.59. The minimum absolute atomic E-state index is 0.0314. The van der Waals surface area contributed by atoms with Crippen molar-refractivity contribution in [2.45, 2.75) is 32.1 Å². The van der Waals surface area contributed by atoms with Crippen LogP contribution < -0.4 is 10.1 Å². The number of rotatable bonds is 6. The van der Waals surface area contributed by atoms with Gasteiger partial charge in [-0.2, -0.15) is 0 Å². The van der Waals surface area contributed by atoms with Crippen LogP contribution in [0.1, 0.15) is 47.3 Å². The van der Waals surface area contributed by atoms with Gasteiger partial charge in [-0.1, -0.05) is 29.8 Å². The zero-order chi connectivity index (χ0) is 22.5. The van der Waals surface area contributed by atoms with E-state index in [1.54, 1.807) is 0 Å². The summed E-state index contributed by atoms with van der Waals surface area (Å²) in [6.45, 7) is 4.68. The molecular weight excluding hydrogens is 410 g/mol. The molecule has 1 aromatic heterocycles. The molecule has 1 N–H and O–H groups in total. The van der Waals surface area contributed by atoms with Crippen molar-refractivity contribution in [3.05, 3.63) is 77.0 Å². The number of pyridine rings is 1. The molecule has 33 heavy (non-hydrogen) atoms. The van der Waals surface area contributed by atoms with Crippen LogP contribution in [-0.2, 0) is 6.42 Å². The molecule has 0 bridgehead atoms. The van der Waals surface area contributed by atoms with Crippen LogP contribution in [0.2, 0.25) is 0 Å². The first kappa shape index (κ1) is 21.7. The van der Waals surface area contributed by atoms with E-state index in [1.807, 2.05) is 24.3 Å². The van der Waals surface area contributed by atoms with E-state index in [4.69, 9.17) is 9.72 Å². The third kappa shape index (κ3) is 5.42. The van der Waals surface area contributed by atoms with Gasteiger partial charge in [0.05, 0.1) is 17.8 Å². The van der Waals surface area contributed by atoms with E-state index < -0.39 is 0 Å². The van der Waals surface area contributed by atoms with Crippen LogP contribution in [0, 0.1) is 0 Å². The Morgan fingerprint density at radius 1 is 1.03 bits per heavy atom. The molecule has 2 aliphatic heterocycles. The number of benzene rings is 2. The van der Waals surface area contributed by atoms with E-state index >= 15 is 0 Å². The monoisotopic (exact) mass is 441 g/mol. The number of aromatic nitrogens is 1. The van der Waals surface area contributed by atoms with Crippen LogP contribution in [-0.4, -0.2) is 48.6 Å². The lowest BCUT2D eigenvalue weighted by Gasteiger charge is -2.28. The highest BCUT2D eigenvalue weighted by Gasteiger charge is 2.16. The summed E-state index contributed by atoms with van der Waals surface area (Å²) in [4.78, 5) is 19.4. The normalized spacial score (nSPS) is 16.7. The minimum Gasteiger partial charge on any atom is -0.494 e. The highest BCUT2D eigenvalue weighted by atomic mass is 16.5. The molecule has 5 nitrogen and oxygen atoms in total. The SMILES string of the molecule is O=C1NCCCc2cc(OCCCN3CCC(=Cc4ccc5ccccc5n4)CC3)ccc21. The Morgan fingerprint density at radius 2 is 1.91 bits per heavy atom. The molecule has 3 aromatic rings. The van der Waals surface area contributed by atoms with Crippen LogP contribution in [0.3, 0.4) is 0 Å². The maximum absolute atomic E-state index is 12.1. The molecular formula is C28H31N3O2. The number of carbonyl (C=O) groups is 1. The number of ether oxygens (including phenoxy) is 1. The zero-order valence-corrected chi connectivity index (χ0v) is 19.1. The first-order chi connectivity index (χ1) is 16.2. The van der Waals surface area contributed by atoms with E-state index in [2.05, 4.69) is 46.6 Å². The summed E-state index contributed by atoms with van der Waals surface area (Å²) in [6, 6.07) is 18.4. The van der Waals surface area contributed by atoms with Crippen LogP contribution in [0.15, 0.2) is 60.2 Å². The van der Waals surface area contributed by atoms with Crippen molar-refractivity contribution in [1.82, 2.24) is 15.2 Å². The summed E-state index contributed by atoms with van der Waals surface area (Å²) < 4.78 is 6.00. The molecule has 1 amide bonds. The van der Waals surface area contributed by atoms with Gasteiger partial charge in [-0.05, 0) is 74.1 Å². The van der Waals surface area contributed by atoms with Crippen LogP contribution in [0.25, 0.3) is 17.0 Å². The number of nitrogens with one attached hydrogen (secondary N) is 1.